The minimum absolute atomic E-state index is 0.510. The van der Waals surface area contributed by atoms with E-state index in [0.29, 0.717) is 11.8 Å². The van der Waals surface area contributed by atoms with Crippen LogP contribution in [0.4, 0.5) is 0 Å². The monoisotopic (exact) mass is 290 g/mol. The Labute approximate surface area is 125 Å². The number of rotatable bonds is 4. The summed E-state index contributed by atoms with van der Waals surface area (Å²) in [4.78, 5) is 16.4. The van der Waals surface area contributed by atoms with Crippen molar-refractivity contribution in [2.45, 2.75) is 24.9 Å². The molecule has 2 fully saturated rings. The molecular formula is C16H22N2O3. The molecule has 0 saturated carbocycles. The van der Waals surface area contributed by atoms with Crippen LogP contribution in [0.2, 0.25) is 0 Å². The van der Waals surface area contributed by atoms with E-state index in [9.17, 15) is 9.90 Å². The van der Waals surface area contributed by atoms with Gasteiger partial charge < -0.3 is 9.84 Å². The lowest BCUT2D eigenvalue weighted by atomic mass is 10.0. The Morgan fingerprint density at radius 1 is 1.33 bits per heavy atom. The van der Waals surface area contributed by atoms with Crippen LogP contribution in [0.5, 0.6) is 5.75 Å². The van der Waals surface area contributed by atoms with E-state index in [1.54, 1.807) is 7.11 Å². The highest BCUT2D eigenvalue weighted by molar-refractivity contribution is 5.76. The molecule has 3 rings (SSSR count). The van der Waals surface area contributed by atoms with E-state index in [4.69, 9.17) is 4.74 Å². The first-order chi connectivity index (χ1) is 10.2. The summed E-state index contributed by atoms with van der Waals surface area (Å²) in [5, 5.41) is 9.73. The molecule has 1 N–H and O–H groups in total. The topological polar surface area (TPSA) is 53.0 Å². The SMILES string of the molecule is COc1ccccc1C(C(=O)O)N1CCN2CCC[C@@H]2C1. The minimum Gasteiger partial charge on any atom is -0.496 e. The molecule has 2 atom stereocenters. The van der Waals surface area contributed by atoms with Crippen molar-refractivity contribution in [3.05, 3.63) is 29.8 Å². The predicted octanol–water partition coefficient (Wildman–Crippen LogP) is 1.60. The maximum Gasteiger partial charge on any atom is 0.325 e. The zero-order valence-corrected chi connectivity index (χ0v) is 12.4. The second-order valence-electron chi connectivity index (χ2n) is 5.81. The smallest absolute Gasteiger partial charge is 0.325 e. The van der Waals surface area contributed by atoms with Crippen LogP contribution >= 0.6 is 0 Å². The van der Waals surface area contributed by atoms with Crippen molar-refractivity contribution in [1.82, 2.24) is 9.80 Å². The van der Waals surface area contributed by atoms with Crippen LogP contribution in [0.15, 0.2) is 24.3 Å². The van der Waals surface area contributed by atoms with Gasteiger partial charge in [-0.15, -0.1) is 0 Å². The number of fused-ring (bicyclic) bond motifs is 1. The van der Waals surface area contributed by atoms with Crippen molar-refractivity contribution in [3.8, 4) is 5.75 Å². The zero-order chi connectivity index (χ0) is 14.8. The van der Waals surface area contributed by atoms with Crippen molar-refractivity contribution < 1.29 is 14.6 Å². The highest BCUT2D eigenvalue weighted by atomic mass is 16.5. The Morgan fingerprint density at radius 3 is 2.90 bits per heavy atom. The Kier molecular flexibility index (Phi) is 4.12. The van der Waals surface area contributed by atoms with Gasteiger partial charge in [0.15, 0.2) is 0 Å². The second-order valence-corrected chi connectivity index (χ2v) is 5.81. The standard InChI is InChI=1S/C16H22N2O3/c1-21-14-7-3-2-6-13(14)15(16(19)20)18-10-9-17-8-4-5-12(17)11-18/h2-3,6-7,12,15H,4-5,8-11H2,1H3,(H,19,20)/t12-,15?/m1/s1. The van der Waals surface area contributed by atoms with Crippen molar-refractivity contribution in [3.63, 3.8) is 0 Å². The van der Waals surface area contributed by atoms with Gasteiger partial charge in [-0.05, 0) is 25.5 Å². The lowest BCUT2D eigenvalue weighted by Crippen LogP contribution is -2.52. The highest BCUT2D eigenvalue weighted by Gasteiger charge is 2.37. The number of methoxy groups -OCH3 is 1. The molecule has 0 aromatic heterocycles. The average molecular weight is 290 g/mol. The molecule has 0 radical (unpaired) electrons. The quantitative estimate of drug-likeness (QED) is 0.913. The number of ether oxygens (including phenoxy) is 1. The van der Waals surface area contributed by atoms with Gasteiger partial charge in [0.2, 0.25) is 0 Å². The summed E-state index contributed by atoms with van der Waals surface area (Å²) in [5.41, 5.74) is 0.749. The van der Waals surface area contributed by atoms with Crippen LogP contribution in [-0.2, 0) is 4.79 Å². The van der Waals surface area contributed by atoms with E-state index in [1.165, 1.54) is 12.8 Å². The molecule has 5 nitrogen and oxygen atoms in total. The summed E-state index contributed by atoms with van der Waals surface area (Å²) in [6, 6.07) is 7.32. The Morgan fingerprint density at radius 2 is 2.14 bits per heavy atom. The fraction of sp³-hybridized carbons (Fsp3) is 0.562. The number of hydrogen-bond acceptors (Lipinski definition) is 4. The summed E-state index contributed by atoms with van der Waals surface area (Å²) in [6.07, 6.45) is 2.40. The van der Waals surface area contributed by atoms with E-state index in [1.807, 2.05) is 24.3 Å². The van der Waals surface area contributed by atoms with Crippen LogP contribution in [0.25, 0.3) is 0 Å². The molecule has 0 aliphatic carbocycles. The summed E-state index contributed by atoms with van der Waals surface area (Å²) in [7, 11) is 1.59. The molecule has 1 aromatic rings. The number of benzene rings is 1. The Balaban J connectivity index is 1.86. The van der Waals surface area contributed by atoms with Crippen molar-refractivity contribution in [2.75, 3.05) is 33.3 Å². The summed E-state index contributed by atoms with van der Waals surface area (Å²) < 4.78 is 5.35. The van der Waals surface area contributed by atoms with E-state index >= 15 is 0 Å². The highest BCUT2D eigenvalue weighted by Crippen LogP contribution is 2.32. The Bertz CT molecular complexity index is 520. The molecule has 2 aliphatic heterocycles. The van der Waals surface area contributed by atoms with Gasteiger partial charge in [0, 0.05) is 31.2 Å². The van der Waals surface area contributed by atoms with Crippen LogP contribution in [-0.4, -0.2) is 60.2 Å². The van der Waals surface area contributed by atoms with Crippen LogP contribution < -0.4 is 4.74 Å². The van der Waals surface area contributed by atoms with Crippen molar-refractivity contribution in [2.24, 2.45) is 0 Å². The third kappa shape index (κ3) is 2.76. The molecule has 5 heteroatoms. The van der Waals surface area contributed by atoms with Crippen molar-refractivity contribution >= 4 is 5.97 Å². The molecule has 21 heavy (non-hydrogen) atoms. The number of piperazine rings is 1. The van der Waals surface area contributed by atoms with E-state index in [2.05, 4.69) is 9.80 Å². The maximum atomic E-state index is 11.8. The first-order valence-electron chi connectivity index (χ1n) is 7.54. The van der Waals surface area contributed by atoms with Gasteiger partial charge >= 0.3 is 5.97 Å². The number of carbonyl (C=O) groups is 1. The number of para-hydroxylation sites is 1. The molecule has 2 saturated heterocycles. The number of nitrogens with zero attached hydrogens (tertiary/aromatic N) is 2. The summed E-state index contributed by atoms with van der Waals surface area (Å²) in [5.74, 6) is -0.148. The van der Waals surface area contributed by atoms with E-state index in [-0.39, 0.29) is 0 Å². The van der Waals surface area contributed by atoms with E-state index < -0.39 is 12.0 Å². The largest absolute Gasteiger partial charge is 0.496 e. The predicted molar refractivity (Wildman–Crippen MR) is 79.5 cm³/mol. The molecule has 1 unspecified atom stereocenters. The van der Waals surface area contributed by atoms with Gasteiger partial charge in [0.25, 0.3) is 0 Å². The third-order valence-corrected chi connectivity index (χ3v) is 4.65. The Hall–Kier alpha value is -1.59. The first kappa shape index (κ1) is 14.4. The van der Waals surface area contributed by atoms with Gasteiger partial charge in [-0.3, -0.25) is 14.6 Å². The van der Waals surface area contributed by atoms with Crippen molar-refractivity contribution in [1.29, 1.82) is 0 Å². The van der Waals surface area contributed by atoms with Crippen LogP contribution in [0.1, 0.15) is 24.4 Å². The third-order valence-electron chi connectivity index (χ3n) is 4.65. The lowest BCUT2D eigenvalue weighted by molar-refractivity contribution is -0.144. The number of carboxylic acids is 1. The second kappa shape index (κ2) is 6.03. The first-order valence-corrected chi connectivity index (χ1v) is 7.54. The molecular weight excluding hydrogens is 268 g/mol. The molecule has 0 amide bonds. The van der Waals surface area contributed by atoms with E-state index in [0.717, 1.165) is 31.7 Å². The fourth-order valence-corrected chi connectivity index (χ4v) is 3.63. The average Bonchev–Trinajstić information content (AvgIpc) is 2.95. The van der Waals surface area contributed by atoms with Gasteiger partial charge in [-0.2, -0.15) is 0 Å². The van der Waals surface area contributed by atoms with Crippen LogP contribution in [0, 0.1) is 0 Å². The molecule has 2 heterocycles. The zero-order valence-electron chi connectivity index (χ0n) is 12.4. The summed E-state index contributed by atoms with van der Waals surface area (Å²) >= 11 is 0. The molecule has 114 valence electrons. The normalized spacial score (nSPS) is 24.5. The molecule has 0 spiro atoms. The van der Waals surface area contributed by atoms with Gasteiger partial charge in [-0.1, -0.05) is 18.2 Å². The number of aliphatic carboxylic acids is 1. The number of carboxylic acid groups (broad SMARTS) is 1. The number of hydrogen-bond donors (Lipinski definition) is 1. The lowest BCUT2D eigenvalue weighted by Gasteiger charge is -2.40. The molecule has 1 aromatic carbocycles. The van der Waals surface area contributed by atoms with Gasteiger partial charge in [0.05, 0.1) is 7.11 Å². The maximum absolute atomic E-state index is 11.8. The van der Waals surface area contributed by atoms with Gasteiger partial charge in [0.1, 0.15) is 11.8 Å². The molecule has 0 bridgehead atoms. The van der Waals surface area contributed by atoms with Crippen LogP contribution in [0.3, 0.4) is 0 Å². The fourth-order valence-electron chi connectivity index (χ4n) is 3.63. The summed E-state index contributed by atoms with van der Waals surface area (Å²) in [6.45, 7) is 3.75. The molecule has 2 aliphatic rings. The minimum atomic E-state index is -0.800. The van der Waals surface area contributed by atoms with Gasteiger partial charge in [-0.25, -0.2) is 0 Å².